The van der Waals surface area contributed by atoms with E-state index in [1.54, 1.807) is 23.2 Å². The number of amides is 3. The first-order valence-corrected chi connectivity index (χ1v) is 11.0. The smallest absolute Gasteiger partial charge is 0.250 e. The van der Waals surface area contributed by atoms with Crippen LogP contribution >= 0.6 is 0 Å². The van der Waals surface area contributed by atoms with Crippen LogP contribution in [0.1, 0.15) is 36.9 Å². The van der Waals surface area contributed by atoms with E-state index in [1.807, 2.05) is 42.5 Å². The van der Waals surface area contributed by atoms with Gasteiger partial charge in [0.15, 0.2) is 0 Å². The Morgan fingerprint density at radius 3 is 2.70 bits per heavy atom. The second kappa shape index (κ2) is 9.68. The van der Waals surface area contributed by atoms with Gasteiger partial charge in [-0.15, -0.1) is 0 Å². The van der Waals surface area contributed by atoms with Crippen LogP contribution in [0.15, 0.2) is 60.8 Å². The molecule has 2 atom stereocenters. The molecule has 0 bridgehead atoms. The average Bonchev–Trinajstić information content (AvgIpc) is 3.31. The third kappa shape index (κ3) is 4.95. The molecule has 1 unspecified atom stereocenters. The molecule has 1 aromatic heterocycles. The fourth-order valence-corrected chi connectivity index (χ4v) is 4.26. The van der Waals surface area contributed by atoms with Crippen molar-refractivity contribution in [2.45, 2.75) is 38.4 Å². The Morgan fingerprint density at radius 2 is 1.94 bits per heavy atom. The molecule has 1 aliphatic rings. The first kappa shape index (κ1) is 22.3. The number of pyridine rings is 1. The maximum Gasteiger partial charge on any atom is 0.250 e. The topological polar surface area (TPSA) is 117 Å². The number of hydrogen-bond acceptors (Lipinski definition) is 5. The predicted molar refractivity (Wildman–Crippen MR) is 126 cm³/mol. The van der Waals surface area contributed by atoms with Gasteiger partial charge in [0.25, 0.3) is 0 Å². The maximum absolute atomic E-state index is 13.4. The number of benzene rings is 2. The van der Waals surface area contributed by atoms with E-state index in [4.69, 9.17) is 5.73 Å². The van der Waals surface area contributed by atoms with Crippen LogP contribution in [0.4, 0.5) is 5.82 Å². The lowest BCUT2D eigenvalue weighted by Gasteiger charge is -2.28. The monoisotopic (exact) mass is 445 g/mol. The van der Waals surface area contributed by atoms with Crippen molar-refractivity contribution in [3.63, 3.8) is 0 Å². The van der Waals surface area contributed by atoms with Crippen molar-refractivity contribution in [2.24, 2.45) is 0 Å². The normalized spacial score (nSPS) is 16.4. The molecule has 8 nitrogen and oxygen atoms in total. The number of nitrogens with zero attached hydrogens (tertiary/aromatic N) is 2. The fraction of sp³-hybridized carbons (Fsp3) is 0.280. The molecule has 3 aromatic rings. The molecule has 170 valence electrons. The van der Waals surface area contributed by atoms with Gasteiger partial charge in [0.05, 0.1) is 0 Å². The van der Waals surface area contributed by atoms with Gasteiger partial charge < -0.3 is 21.3 Å². The molecule has 3 amide bonds. The molecule has 1 aliphatic heterocycles. The minimum atomic E-state index is -0.826. The molecule has 0 radical (unpaired) electrons. The van der Waals surface area contributed by atoms with Crippen molar-refractivity contribution in [1.29, 1.82) is 0 Å². The molecule has 2 heterocycles. The van der Waals surface area contributed by atoms with Crippen LogP contribution in [0.3, 0.4) is 0 Å². The number of nitrogen functional groups attached to an aromatic ring is 1. The summed E-state index contributed by atoms with van der Waals surface area (Å²) >= 11 is 0. The molecule has 1 fully saturated rings. The zero-order valence-corrected chi connectivity index (χ0v) is 18.5. The van der Waals surface area contributed by atoms with Crippen molar-refractivity contribution >= 4 is 34.3 Å². The summed E-state index contributed by atoms with van der Waals surface area (Å²) in [7, 11) is 0. The summed E-state index contributed by atoms with van der Waals surface area (Å²) in [6.07, 6.45) is 2.96. The number of hydrogen-bond donors (Lipinski definition) is 3. The van der Waals surface area contributed by atoms with Gasteiger partial charge in [0.2, 0.25) is 17.7 Å². The largest absolute Gasteiger partial charge is 0.383 e. The maximum atomic E-state index is 13.4. The summed E-state index contributed by atoms with van der Waals surface area (Å²) < 4.78 is 0. The number of anilines is 1. The van der Waals surface area contributed by atoms with Crippen LogP contribution in [0.5, 0.6) is 0 Å². The molecular weight excluding hydrogens is 418 g/mol. The second-order valence-corrected chi connectivity index (χ2v) is 8.20. The molecular formula is C25H27N5O3. The van der Waals surface area contributed by atoms with Gasteiger partial charge in [0.1, 0.15) is 17.9 Å². The Hall–Kier alpha value is -3.94. The highest BCUT2D eigenvalue weighted by Gasteiger charge is 2.37. The summed E-state index contributed by atoms with van der Waals surface area (Å²) in [5.41, 5.74) is 7.55. The van der Waals surface area contributed by atoms with Crippen LogP contribution in [0, 0.1) is 0 Å². The molecule has 33 heavy (non-hydrogen) atoms. The summed E-state index contributed by atoms with van der Waals surface area (Å²) in [6, 6.07) is 15.3. The highest BCUT2D eigenvalue weighted by atomic mass is 16.2. The minimum absolute atomic E-state index is 0.213. The lowest BCUT2D eigenvalue weighted by Crippen LogP contribution is -2.49. The zero-order valence-electron chi connectivity index (χ0n) is 18.5. The quantitative estimate of drug-likeness (QED) is 0.538. The second-order valence-electron chi connectivity index (χ2n) is 8.20. The van der Waals surface area contributed by atoms with E-state index in [2.05, 4.69) is 15.6 Å². The predicted octanol–water partition coefficient (Wildman–Crippen LogP) is 2.30. The van der Waals surface area contributed by atoms with Crippen molar-refractivity contribution in [3.8, 4) is 0 Å². The summed E-state index contributed by atoms with van der Waals surface area (Å²) in [4.78, 5) is 43.8. The minimum Gasteiger partial charge on any atom is -0.383 e. The number of fused-ring (bicyclic) bond motifs is 1. The van der Waals surface area contributed by atoms with Gasteiger partial charge in [-0.3, -0.25) is 14.4 Å². The number of carbonyl (C=O) groups is 3. The Kier molecular flexibility index (Phi) is 6.53. The lowest BCUT2D eigenvalue weighted by molar-refractivity contribution is -0.141. The van der Waals surface area contributed by atoms with Gasteiger partial charge in [-0.25, -0.2) is 4.98 Å². The van der Waals surface area contributed by atoms with E-state index in [9.17, 15) is 14.4 Å². The van der Waals surface area contributed by atoms with Crippen molar-refractivity contribution < 1.29 is 14.4 Å². The number of likely N-dealkylation sites (tertiary alicyclic amines) is 1. The van der Waals surface area contributed by atoms with E-state index in [1.165, 1.54) is 6.92 Å². The number of carbonyl (C=O) groups excluding carboxylic acids is 3. The van der Waals surface area contributed by atoms with Crippen LogP contribution < -0.4 is 16.4 Å². The standard InChI is InChI=1S/C25H27N5O3/c1-16(31)29-22(19-6-3-2-4-7-19)25(33)30-13-5-8-21(30)24(32)28-15-17-9-10-18-11-12-27-23(26)20(18)14-17/h2-4,6-7,9-12,14,21-22H,5,8,13,15H2,1H3,(H2,26,27)(H,28,32)(H,29,31)/t21-,22?/m0/s1. The van der Waals surface area contributed by atoms with E-state index >= 15 is 0 Å². The fourth-order valence-electron chi connectivity index (χ4n) is 4.26. The number of aromatic nitrogens is 1. The van der Waals surface area contributed by atoms with Crippen molar-refractivity contribution in [3.05, 3.63) is 71.9 Å². The molecule has 8 heteroatoms. The van der Waals surface area contributed by atoms with Crippen LogP contribution in [0.2, 0.25) is 0 Å². The molecule has 1 saturated heterocycles. The van der Waals surface area contributed by atoms with Crippen LogP contribution in [-0.2, 0) is 20.9 Å². The van der Waals surface area contributed by atoms with Gasteiger partial charge in [-0.2, -0.15) is 0 Å². The summed E-state index contributed by atoms with van der Waals surface area (Å²) in [5, 5.41) is 7.50. The van der Waals surface area contributed by atoms with Crippen molar-refractivity contribution in [1.82, 2.24) is 20.5 Å². The average molecular weight is 446 g/mol. The molecule has 4 rings (SSSR count). The molecule has 0 spiro atoms. The van der Waals surface area contributed by atoms with Crippen LogP contribution in [-0.4, -0.2) is 40.2 Å². The van der Waals surface area contributed by atoms with E-state index in [0.717, 1.165) is 22.8 Å². The Balaban J connectivity index is 1.47. The number of rotatable bonds is 6. The molecule has 2 aromatic carbocycles. The first-order valence-electron chi connectivity index (χ1n) is 11.0. The highest BCUT2D eigenvalue weighted by Crippen LogP contribution is 2.24. The molecule has 4 N–H and O–H groups in total. The van der Waals surface area contributed by atoms with Crippen LogP contribution in [0.25, 0.3) is 10.8 Å². The molecule has 0 aliphatic carbocycles. The Morgan fingerprint density at radius 1 is 1.15 bits per heavy atom. The first-order chi connectivity index (χ1) is 15.9. The third-order valence-corrected chi connectivity index (χ3v) is 5.89. The van der Waals surface area contributed by atoms with E-state index in [-0.39, 0.29) is 17.7 Å². The van der Waals surface area contributed by atoms with Gasteiger partial charge >= 0.3 is 0 Å². The lowest BCUT2D eigenvalue weighted by atomic mass is 10.0. The Labute approximate surface area is 192 Å². The molecule has 0 saturated carbocycles. The highest BCUT2D eigenvalue weighted by molar-refractivity contribution is 5.93. The number of nitrogens with one attached hydrogen (secondary N) is 2. The van der Waals surface area contributed by atoms with Crippen molar-refractivity contribution in [2.75, 3.05) is 12.3 Å². The third-order valence-electron chi connectivity index (χ3n) is 5.89. The van der Waals surface area contributed by atoms with E-state index in [0.29, 0.717) is 30.9 Å². The summed E-state index contributed by atoms with van der Waals surface area (Å²) in [6.45, 7) is 2.16. The summed E-state index contributed by atoms with van der Waals surface area (Å²) in [5.74, 6) is -0.353. The van der Waals surface area contributed by atoms with Gasteiger partial charge in [-0.05, 0) is 41.5 Å². The van der Waals surface area contributed by atoms with Gasteiger partial charge in [0, 0.05) is 31.6 Å². The van der Waals surface area contributed by atoms with Gasteiger partial charge in [-0.1, -0.05) is 42.5 Å². The van der Waals surface area contributed by atoms with E-state index < -0.39 is 12.1 Å². The SMILES string of the molecule is CC(=O)NC(C(=O)N1CCC[C@H]1C(=O)NCc1ccc2ccnc(N)c2c1)c1ccccc1. The zero-order chi connectivity index (χ0) is 23.4. The number of nitrogens with two attached hydrogens (primary N) is 1. The Bertz CT molecular complexity index is 1180.